The number of aliphatic imine (C=N–C) groups is 1. The molecule has 2 aromatic rings. The second-order valence-electron chi connectivity index (χ2n) is 4.64. The average Bonchev–Trinajstić information content (AvgIpc) is 2.86. The van der Waals surface area contributed by atoms with Crippen LogP contribution in [0.5, 0.6) is 5.75 Å². The Morgan fingerprint density at radius 1 is 1.15 bits per heavy atom. The number of ether oxygens (including phenoxy) is 2. The molecule has 0 N–H and O–H groups in total. The van der Waals surface area contributed by atoms with E-state index in [0.717, 1.165) is 28.3 Å². The Labute approximate surface area is 118 Å². The van der Waals surface area contributed by atoms with Crippen molar-refractivity contribution in [3.8, 4) is 5.75 Å². The van der Waals surface area contributed by atoms with Crippen LogP contribution in [0.15, 0.2) is 53.5 Å². The summed E-state index contributed by atoms with van der Waals surface area (Å²) >= 11 is 0. The van der Waals surface area contributed by atoms with E-state index in [1.807, 2.05) is 43.3 Å². The van der Waals surface area contributed by atoms with E-state index >= 15 is 0 Å². The highest BCUT2D eigenvalue weighted by Gasteiger charge is 2.30. The molecule has 1 atom stereocenters. The van der Waals surface area contributed by atoms with Crippen LogP contribution >= 0.6 is 0 Å². The van der Waals surface area contributed by atoms with E-state index in [9.17, 15) is 0 Å². The lowest BCUT2D eigenvalue weighted by atomic mass is 9.99. The fourth-order valence-corrected chi connectivity index (χ4v) is 2.46. The van der Waals surface area contributed by atoms with Gasteiger partial charge in [-0.1, -0.05) is 30.3 Å². The molecule has 3 nitrogen and oxygen atoms in total. The molecule has 0 aliphatic carbocycles. The van der Waals surface area contributed by atoms with Gasteiger partial charge in [0.05, 0.1) is 7.11 Å². The summed E-state index contributed by atoms with van der Waals surface area (Å²) in [5.41, 5.74) is 3.30. The van der Waals surface area contributed by atoms with Crippen LogP contribution in [-0.2, 0) is 4.74 Å². The molecule has 102 valence electrons. The van der Waals surface area contributed by atoms with Gasteiger partial charge in [0.1, 0.15) is 5.75 Å². The van der Waals surface area contributed by atoms with Crippen LogP contribution in [-0.4, -0.2) is 19.6 Å². The number of nitrogens with zero attached hydrogens (tertiary/aromatic N) is 1. The fourth-order valence-electron chi connectivity index (χ4n) is 2.46. The van der Waals surface area contributed by atoms with Gasteiger partial charge in [0.25, 0.3) is 0 Å². The van der Waals surface area contributed by atoms with Gasteiger partial charge in [0.2, 0.25) is 5.90 Å². The highest BCUT2D eigenvalue weighted by molar-refractivity contribution is 5.99. The normalized spacial score (nSPS) is 18.7. The lowest BCUT2D eigenvalue weighted by molar-refractivity contribution is 0.251. The Hall–Kier alpha value is -2.29. The zero-order valence-corrected chi connectivity index (χ0v) is 11.7. The van der Waals surface area contributed by atoms with Gasteiger partial charge in [-0.3, -0.25) is 4.99 Å². The summed E-state index contributed by atoms with van der Waals surface area (Å²) in [6, 6.07) is 16.2. The molecule has 20 heavy (non-hydrogen) atoms. The van der Waals surface area contributed by atoms with E-state index < -0.39 is 0 Å². The molecule has 0 radical (unpaired) electrons. The molecule has 0 aromatic heterocycles. The van der Waals surface area contributed by atoms with Crippen molar-refractivity contribution in [2.75, 3.05) is 13.7 Å². The summed E-state index contributed by atoms with van der Waals surface area (Å²) in [5.74, 6) is 1.56. The average molecular weight is 267 g/mol. The van der Waals surface area contributed by atoms with Gasteiger partial charge in [-0.2, -0.15) is 0 Å². The summed E-state index contributed by atoms with van der Waals surface area (Å²) in [7, 11) is 1.68. The molecule has 0 fully saturated rings. The standard InChI is InChI=1S/C17H17NO2/c1-3-18-17-14-10-9-13(19-2)11-15(14)16(20-17)12-7-5-4-6-8-12/h4-11,16H,3H2,1-2H3. The maximum Gasteiger partial charge on any atom is 0.217 e. The zero-order valence-electron chi connectivity index (χ0n) is 11.7. The van der Waals surface area contributed by atoms with Crippen molar-refractivity contribution in [3.63, 3.8) is 0 Å². The molecule has 0 bridgehead atoms. The number of fused-ring (bicyclic) bond motifs is 1. The van der Waals surface area contributed by atoms with Gasteiger partial charge in [0, 0.05) is 17.7 Å². The Balaban J connectivity index is 2.10. The summed E-state index contributed by atoms with van der Waals surface area (Å²) in [6.07, 6.45) is -0.105. The van der Waals surface area contributed by atoms with Gasteiger partial charge in [0.15, 0.2) is 6.10 Å². The van der Waals surface area contributed by atoms with Gasteiger partial charge < -0.3 is 9.47 Å². The summed E-state index contributed by atoms with van der Waals surface area (Å²) in [4.78, 5) is 4.45. The van der Waals surface area contributed by atoms with Crippen molar-refractivity contribution in [1.29, 1.82) is 0 Å². The Morgan fingerprint density at radius 3 is 2.65 bits per heavy atom. The second-order valence-corrected chi connectivity index (χ2v) is 4.64. The third-order valence-corrected chi connectivity index (χ3v) is 3.41. The van der Waals surface area contributed by atoms with E-state index in [1.165, 1.54) is 0 Å². The lowest BCUT2D eigenvalue weighted by Gasteiger charge is -2.12. The first kappa shape index (κ1) is 12.7. The van der Waals surface area contributed by atoms with Gasteiger partial charge in [-0.15, -0.1) is 0 Å². The number of methoxy groups -OCH3 is 1. The van der Waals surface area contributed by atoms with Crippen LogP contribution in [0.25, 0.3) is 0 Å². The Bertz CT molecular complexity index is 635. The second kappa shape index (κ2) is 5.37. The van der Waals surface area contributed by atoms with E-state index in [2.05, 4.69) is 17.1 Å². The van der Waals surface area contributed by atoms with Crippen molar-refractivity contribution in [2.24, 2.45) is 4.99 Å². The Morgan fingerprint density at radius 2 is 1.95 bits per heavy atom. The summed E-state index contributed by atoms with van der Waals surface area (Å²) in [6.45, 7) is 2.72. The van der Waals surface area contributed by atoms with E-state index in [1.54, 1.807) is 7.11 Å². The first-order valence-electron chi connectivity index (χ1n) is 6.78. The molecule has 0 saturated carbocycles. The molecule has 1 aliphatic rings. The minimum atomic E-state index is -0.105. The van der Waals surface area contributed by atoms with E-state index in [4.69, 9.17) is 9.47 Å². The number of hydrogen-bond donors (Lipinski definition) is 0. The minimum absolute atomic E-state index is 0.105. The maximum absolute atomic E-state index is 6.05. The number of benzene rings is 2. The molecule has 2 aromatic carbocycles. The lowest BCUT2D eigenvalue weighted by Crippen LogP contribution is -2.02. The molecule has 1 heterocycles. The van der Waals surface area contributed by atoms with Crippen LogP contribution in [0, 0.1) is 0 Å². The predicted molar refractivity (Wildman–Crippen MR) is 79.4 cm³/mol. The minimum Gasteiger partial charge on any atom is -0.497 e. The van der Waals surface area contributed by atoms with Gasteiger partial charge >= 0.3 is 0 Å². The molecular formula is C17H17NO2. The van der Waals surface area contributed by atoms with Crippen LogP contribution in [0.2, 0.25) is 0 Å². The topological polar surface area (TPSA) is 30.8 Å². The molecular weight excluding hydrogens is 250 g/mol. The van der Waals surface area contributed by atoms with Crippen molar-refractivity contribution in [3.05, 3.63) is 65.2 Å². The third-order valence-electron chi connectivity index (χ3n) is 3.41. The van der Waals surface area contributed by atoms with Crippen molar-refractivity contribution >= 4 is 5.90 Å². The first-order chi connectivity index (χ1) is 9.83. The zero-order chi connectivity index (χ0) is 13.9. The smallest absolute Gasteiger partial charge is 0.217 e. The number of hydrogen-bond acceptors (Lipinski definition) is 3. The van der Waals surface area contributed by atoms with Gasteiger partial charge in [-0.05, 0) is 30.7 Å². The van der Waals surface area contributed by atoms with Crippen LogP contribution in [0.3, 0.4) is 0 Å². The summed E-state index contributed by atoms with van der Waals surface area (Å²) in [5, 5.41) is 0. The Kier molecular flexibility index (Phi) is 3.42. The van der Waals surface area contributed by atoms with Crippen LogP contribution < -0.4 is 4.74 Å². The predicted octanol–water partition coefficient (Wildman–Crippen LogP) is 3.58. The molecule has 3 heteroatoms. The molecule has 0 saturated heterocycles. The quantitative estimate of drug-likeness (QED) is 0.851. The van der Waals surface area contributed by atoms with Crippen LogP contribution in [0.4, 0.5) is 0 Å². The highest BCUT2D eigenvalue weighted by Crippen LogP contribution is 2.38. The fraction of sp³-hybridized carbons (Fsp3) is 0.235. The van der Waals surface area contributed by atoms with Crippen molar-refractivity contribution < 1.29 is 9.47 Å². The first-order valence-corrected chi connectivity index (χ1v) is 6.78. The molecule has 1 unspecified atom stereocenters. The molecule has 0 amide bonds. The SMILES string of the molecule is CCN=C1OC(c2ccccc2)c2cc(OC)ccc21. The van der Waals surface area contributed by atoms with Crippen LogP contribution in [0.1, 0.15) is 29.7 Å². The summed E-state index contributed by atoms with van der Waals surface area (Å²) < 4.78 is 11.4. The third kappa shape index (κ3) is 2.16. The largest absolute Gasteiger partial charge is 0.497 e. The highest BCUT2D eigenvalue weighted by atomic mass is 16.5. The van der Waals surface area contributed by atoms with E-state index in [0.29, 0.717) is 6.54 Å². The van der Waals surface area contributed by atoms with Crippen molar-refractivity contribution in [2.45, 2.75) is 13.0 Å². The molecule has 3 rings (SSSR count). The molecule has 1 aliphatic heterocycles. The number of rotatable bonds is 3. The maximum atomic E-state index is 6.05. The molecule has 0 spiro atoms. The van der Waals surface area contributed by atoms with Gasteiger partial charge in [-0.25, -0.2) is 0 Å². The van der Waals surface area contributed by atoms with E-state index in [-0.39, 0.29) is 6.10 Å². The van der Waals surface area contributed by atoms with Crippen molar-refractivity contribution in [1.82, 2.24) is 0 Å². The monoisotopic (exact) mass is 267 g/mol.